The molecule has 0 spiro atoms. The zero-order chi connectivity index (χ0) is 26.9. The molecule has 0 aliphatic heterocycles. The van der Waals surface area contributed by atoms with Crippen LogP contribution in [0.15, 0.2) is 48.5 Å². The highest BCUT2D eigenvalue weighted by molar-refractivity contribution is 7.80. The molecule has 0 fully saturated rings. The third-order valence-corrected chi connectivity index (χ3v) is 2.40. The summed E-state index contributed by atoms with van der Waals surface area (Å²) in [7, 11) is -10.2. The van der Waals surface area contributed by atoms with E-state index in [4.69, 9.17) is 64.0 Å². The molecule has 208 valence electrons. The van der Waals surface area contributed by atoms with Crippen LogP contribution in [0.4, 0.5) is 22.7 Å². The number of anilines is 4. The van der Waals surface area contributed by atoms with Gasteiger partial charge in [-0.05, 0) is 48.5 Å². The van der Waals surface area contributed by atoms with Crippen molar-refractivity contribution in [1.29, 1.82) is 0 Å². The van der Waals surface area contributed by atoms with Crippen LogP contribution in [0.3, 0.4) is 0 Å². The van der Waals surface area contributed by atoms with E-state index in [2.05, 4.69) is 10.6 Å². The molecule has 0 saturated heterocycles. The third kappa shape index (κ3) is 59.2. The first-order valence-corrected chi connectivity index (χ1v) is 12.0. The van der Waals surface area contributed by atoms with E-state index in [1.165, 1.54) is 0 Å². The van der Waals surface area contributed by atoms with Crippen molar-refractivity contribution in [2.45, 2.75) is 0 Å². The van der Waals surface area contributed by atoms with E-state index in [0.29, 0.717) is 0 Å². The van der Waals surface area contributed by atoms with E-state index >= 15 is 0 Å². The van der Waals surface area contributed by atoms with E-state index < -0.39 is 31.2 Å². The molecule has 35 heavy (non-hydrogen) atoms. The van der Waals surface area contributed by atoms with Gasteiger partial charge in [0, 0.05) is 36.8 Å². The second-order valence-corrected chi connectivity index (χ2v) is 7.77. The molecule has 21 heteroatoms. The lowest BCUT2D eigenvalue weighted by molar-refractivity contribution is 0.378. The lowest BCUT2D eigenvalue weighted by Crippen LogP contribution is -1.89. The number of nitrogens with one attached hydrogen (secondary N) is 2. The molecule has 2 aromatic rings. The Morgan fingerprint density at radius 2 is 0.657 bits per heavy atom. The monoisotopic (exact) mass is 574 g/mol. The van der Waals surface area contributed by atoms with E-state index in [-0.39, 0.29) is 11.0 Å². The Bertz CT molecular complexity index is 951. The normalized spacial score (nSPS) is 9.60. The first-order chi connectivity index (χ1) is 14.7. The summed E-state index contributed by atoms with van der Waals surface area (Å²) in [4.78, 5) is 0. The summed E-state index contributed by atoms with van der Waals surface area (Å²) in [6.07, 6.45) is 0. The van der Waals surface area contributed by atoms with Gasteiger partial charge in [-0.2, -0.15) is 25.3 Å². The van der Waals surface area contributed by atoms with Gasteiger partial charge in [-0.3, -0.25) is 27.3 Å². The van der Waals surface area contributed by atoms with Gasteiger partial charge in [0.2, 0.25) is 0 Å². The summed E-state index contributed by atoms with van der Waals surface area (Å²) in [6, 6.07) is 15.2. The number of hydrogen-bond donors (Lipinski definition) is 10. The fraction of sp³-hybridized carbons (Fsp3) is 0.143. The summed E-state index contributed by atoms with van der Waals surface area (Å²) in [5.74, 6) is 0. The predicted octanol–water partition coefficient (Wildman–Crippen LogP) is -0.987. The fourth-order valence-corrected chi connectivity index (χ4v) is 1.30. The molecule has 0 aliphatic carbocycles. The number of benzene rings is 2. The Balaban J connectivity index is -0.000000109. The maximum Gasteiger partial charge on any atom is 0.394 e. The lowest BCUT2D eigenvalue weighted by Gasteiger charge is -1.97. The molecule has 0 aliphatic rings. The molecule has 0 bridgehead atoms. The van der Waals surface area contributed by atoms with Gasteiger partial charge >= 0.3 is 31.2 Å². The minimum Gasteiger partial charge on any atom is -0.412 e. The molecule has 0 amide bonds. The second-order valence-electron chi connectivity index (χ2n) is 5.09. The summed E-state index contributed by atoms with van der Waals surface area (Å²) in [6.45, 7) is 0. The molecule has 0 saturated carbocycles. The minimum atomic E-state index is -4.67. The molecular weight excluding hydrogens is 544 g/mol. The van der Waals surface area contributed by atoms with Crippen LogP contribution in [-0.2, 0) is 31.2 Å². The predicted molar refractivity (Wildman–Crippen MR) is 131 cm³/mol. The zero-order valence-corrected chi connectivity index (χ0v) is 20.6. The molecule has 0 heterocycles. The van der Waals surface area contributed by atoms with Crippen LogP contribution < -0.4 is 22.1 Å². The van der Waals surface area contributed by atoms with Crippen LogP contribution in [0.1, 0.15) is 0 Å². The molecule has 0 radical (unpaired) electrons. The fourth-order valence-electron chi connectivity index (χ4n) is 1.30. The number of hydrogen-bond acceptors (Lipinski definition) is 10. The number of rotatable bonds is 2. The highest BCUT2D eigenvalue weighted by Crippen LogP contribution is 2.09. The van der Waals surface area contributed by atoms with Crippen LogP contribution in [-0.4, -0.2) is 77.6 Å². The van der Waals surface area contributed by atoms with Crippen molar-refractivity contribution in [2.24, 2.45) is 0 Å². The molecule has 18 nitrogen and oxygen atoms in total. The summed E-state index contributed by atoms with van der Waals surface area (Å²) in [5, 5.41) is 6.00. The number of nitrogen functional groups attached to an aromatic ring is 2. The van der Waals surface area contributed by atoms with Gasteiger partial charge in [-0.1, -0.05) is 0 Å². The van der Waals surface area contributed by atoms with Gasteiger partial charge in [0.25, 0.3) is 0 Å². The Hall–Kier alpha value is -2.83. The Morgan fingerprint density at radius 1 is 0.514 bits per heavy atom. The molecule has 0 atom stereocenters. The van der Waals surface area contributed by atoms with Crippen molar-refractivity contribution >= 4 is 53.9 Å². The maximum absolute atomic E-state index is 8.74. The van der Waals surface area contributed by atoms with Crippen molar-refractivity contribution < 1.29 is 63.5 Å². The first-order valence-electron chi connectivity index (χ1n) is 7.82. The smallest absolute Gasteiger partial charge is 0.394 e. The second kappa shape index (κ2) is 20.5. The third-order valence-electron chi connectivity index (χ3n) is 2.40. The van der Waals surface area contributed by atoms with Crippen molar-refractivity contribution in [3.8, 4) is 0 Å². The van der Waals surface area contributed by atoms with Gasteiger partial charge in [0.15, 0.2) is 0 Å². The average molecular weight is 575 g/mol. The molecular formula is C14H30N4O14S3. The summed E-state index contributed by atoms with van der Waals surface area (Å²) < 4.78 is 94.8. The Kier molecular flexibility index (Phi) is 24.8. The topological polar surface area (TPSA) is 363 Å². The quantitative estimate of drug-likeness (QED) is 0.152. The molecule has 2 rings (SSSR count). The van der Waals surface area contributed by atoms with Crippen molar-refractivity contribution in [2.75, 3.05) is 36.2 Å². The summed E-state index contributed by atoms with van der Waals surface area (Å²) >= 11 is 0. The highest BCUT2D eigenvalue weighted by Gasteiger charge is 1.86. The van der Waals surface area contributed by atoms with Crippen LogP contribution in [0.25, 0.3) is 0 Å². The average Bonchev–Trinajstić information content (AvgIpc) is 2.59. The Labute approximate surface area is 202 Å². The van der Waals surface area contributed by atoms with Gasteiger partial charge in [-0.15, -0.1) is 0 Å². The van der Waals surface area contributed by atoms with Crippen molar-refractivity contribution in [1.82, 2.24) is 0 Å². The van der Waals surface area contributed by atoms with Gasteiger partial charge in [0.05, 0.1) is 0 Å². The largest absolute Gasteiger partial charge is 0.412 e. The van der Waals surface area contributed by atoms with Crippen molar-refractivity contribution in [3.63, 3.8) is 0 Å². The van der Waals surface area contributed by atoms with Gasteiger partial charge < -0.3 is 33.1 Å². The van der Waals surface area contributed by atoms with E-state index in [1.54, 1.807) is 0 Å². The van der Waals surface area contributed by atoms with Crippen LogP contribution in [0.5, 0.6) is 0 Å². The van der Waals surface area contributed by atoms with Crippen LogP contribution in [0.2, 0.25) is 0 Å². The van der Waals surface area contributed by atoms with Gasteiger partial charge in [0.1, 0.15) is 0 Å². The standard InChI is InChI=1S/2C7H10N2.3H2O4S.2H2O/c2*1-9-7-4-2-6(8)3-5-7;3*1-5(2,3)4;;/h2*2-5,9H,8H2,1H3;3*(H2,1,2,3,4);2*1H2. The summed E-state index contributed by atoms with van der Waals surface area (Å²) in [5.41, 5.74) is 14.7. The maximum atomic E-state index is 8.74. The molecule has 2 aromatic carbocycles. The minimum absolute atomic E-state index is 0. The lowest BCUT2D eigenvalue weighted by atomic mass is 10.3. The zero-order valence-electron chi connectivity index (χ0n) is 18.1. The molecule has 16 N–H and O–H groups in total. The van der Waals surface area contributed by atoms with Gasteiger partial charge in [-0.25, -0.2) is 0 Å². The highest BCUT2D eigenvalue weighted by atomic mass is 32.3. The molecule has 0 aromatic heterocycles. The number of nitrogens with two attached hydrogens (primary N) is 2. The van der Waals surface area contributed by atoms with Crippen LogP contribution >= 0.6 is 0 Å². The first kappa shape index (κ1) is 42.3. The van der Waals surface area contributed by atoms with E-state index in [9.17, 15) is 0 Å². The molecule has 0 unspecified atom stereocenters. The van der Waals surface area contributed by atoms with Crippen molar-refractivity contribution in [3.05, 3.63) is 48.5 Å². The van der Waals surface area contributed by atoms with E-state index in [0.717, 1.165) is 22.7 Å². The van der Waals surface area contributed by atoms with E-state index in [1.807, 2.05) is 62.6 Å². The Morgan fingerprint density at radius 3 is 0.771 bits per heavy atom. The van der Waals surface area contributed by atoms with Crippen LogP contribution in [0, 0.1) is 0 Å². The SMILES string of the molecule is CNc1ccc(N)cc1.CNc1ccc(N)cc1.O.O.O=S(=O)(O)O.O=S(=O)(O)O.O=S(=O)(O)O.